The quantitative estimate of drug-likeness (QED) is 0.318. The average molecular weight is 599 g/mol. The maximum Gasteiger partial charge on any atom is 0.262 e. The molecule has 11 nitrogen and oxygen atoms in total. The molecule has 12 heteroatoms. The molecule has 5 heterocycles. The summed E-state index contributed by atoms with van der Waals surface area (Å²) < 4.78 is 28.8. The number of benzene rings is 1. The number of amides is 1. The molecule has 3 aliphatic rings. The highest BCUT2D eigenvalue weighted by atomic mass is 19.1. The van der Waals surface area contributed by atoms with Crippen LogP contribution in [0, 0.1) is 11.2 Å². The van der Waals surface area contributed by atoms with Crippen LogP contribution in [0.15, 0.2) is 55.4 Å². The third-order valence-electron chi connectivity index (χ3n) is 8.66. The lowest BCUT2D eigenvalue weighted by Gasteiger charge is -2.59. The Balaban J connectivity index is 1.05. The number of ether oxygens (including phenoxy) is 2. The van der Waals surface area contributed by atoms with Crippen molar-refractivity contribution in [1.29, 1.82) is 0 Å². The molecular formula is C32H35FN8O3. The number of hydrogen-bond acceptors (Lipinski definition) is 9. The van der Waals surface area contributed by atoms with Crippen LogP contribution in [0.2, 0.25) is 0 Å². The number of anilines is 2. The lowest BCUT2D eigenvalue weighted by molar-refractivity contribution is -0.0349. The number of aryl methyl sites for hydroxylation is 1. The van der Waals surface area contributed by atoms with E-state index in [-0.39, 0.29) is 28.9 Å². The van der Waals surface area contributed by atoms with Gasteiger partial charge in [-0.1, -0.05) is 0 Å². The topological polar surface area (TPSA) is 111 Å². The first-order valence-corrected chi connectivity index (χ1v) is 15.0. The molecule has 7 rings (SSSR count). The van der Waals surface area contributed by atoms with Crippen molar-refractivity contribution >= 4 is 17.4 Å². The van der Waals surface area contributed by atoms with Crippen molar-refractivity contribution in [3.8, 4) is 17.2 Å². The van der Waals surface area contributed by atoms with Crippen LogP contribution in [0.5, 0.6) is 17.2 Å². The number of carbonyl (C=O) groups is 1. The highest BCUT2D eigenvalue weighted by Crippen LogP contribution is 2.52. The van der Waals surface area contributed by atoms with E-state index in [0.717, 1.165) is 56.9 Å². The van der Waals surface area contributed by atoms with Gasteiger partial charge in [0.1, 0.15) is 29.7 Å². The van der Waals surface area contributed by atoms with Gasteiger partial charge in [-0.05, 0) is 51.0 Å². The number of fused-ring (bicyclic) bond motifs is 1. The summed E-state index contributed by atoms with van der Waals surface area (Å²) in [6, 6.07) is 5.73. The van der Waals surface area contributed by atoms with Gasteiger partial charge in [-0.3, -0.25) is 14.5 Å². The molecule has 3 aromatic heterocycles. The van der Waals surface area contributed by atoms with E-state index in [1.54, 1.807) is 35.2 Å². The predicted molar refractivity (Wildman–Crippen MR) is 162 cm³/mol. The van der Waals surface area contributed by atoms with E-state index >= 15 is 0 Å². The maximum atomic E-state index is 14.5. The molecule has 0 radical (unpaired) electrons. The highest BCUT2D eigenvalue weighted by molar-refractivity contribution is 6.08. The minimum atomic E-state index is -0.532. The van der Waals surface area contributed by atoms with Gasteiger partial charge in [0.15, 0.2) is 11.6 Å². The molecule has 1 aliphatic carbocycles. The zero-order chi connectivity index (χ0) is 30.4. The summed E-state index contributed by atoms with van der Waals surface area (Å²) in [5.41, 5.74) is 3.18. The molecule has 0 unspecified atom stereocenters. The lowest BCUT2D eigenvalue weighted by atomic mass is 9.61. The van der Waals surface area contributed by atoms with Crippen LogP contribution in [-0.2, 0) is 20.0 Å². The summed E-state index contributed by atoms with van der Waals surface area (Å²) in [5.74, 6) is 1.28. The second kappa shape index (κ2) is 11.2. The first-order chi connectivity index (χ1) is 21.3. The normalized spacial score (nSPS) is 17.2. The molecule has 4 aromatic rings. The van der Waals surface area contributed by atoms with E-state index in [1.807, 2.05) is 26.1 Å². The number of rotatable bonds is 8. The molecule has 1 N–H and O–H groups in total. The van der Waals surface area contributed by atoms with Crippen LogP contribution in [0.4, 0.5) is 15.9 Å². The maximum absolute atomic E-state index is 14.5. The lowest BCUT2D eigenvalue weighted by Crippen LogP contribution is -2.65. The Hall–Kier alpha value is -4.58. The number of pyridine rings is 1. The smallest absolute Gasteiger partial charge is 0.262 e. The number of nitrogens with one attached hydrogen (secondary N) is 1. The molecule has 2 aliphatic heterocycles. The summed E-state index contributed by atoms with van der Waals surface area (Å²) in [6.45, 7) is 7.15. The minimum Gasteiger partial charge on any atom is -0.490 e. The molecule has 44 heavy (non-hydrogen) atoms. The zero-order valence-electron chi connectivity index (χ0n) is 25.0. The van der Waals surface area contributed by atoms with Crippen molar-refractivity contribution in [2.75, 3.05) is 29.4 Å². The van der Waals surface area contributed by atoms with Crippen molar-refractivity contribution in [1.82, 2.24) is 30.0 Å². The molecule has 1 spiro atoms. The van der Waals surface area contributed by atoms with Crippen LogP contribution in [0.25, 0.3) is 0 Å². The van der Waals surface area contributed by atoms with Gasteiger partial charge in [0, 0.05) is 74.8 Å². The number of hydrogen-bond donors (Lipinski definition) is 1. The van der Waals surface area contributed by atoms with Crippen LogP contribution in [-0.4, -0.2) is 62.4 Å². The predicted octanol–water partition coefficient (Wildman–Crippen LogP) is 4.29. The van der Waals surface area contributed by atoms with Crippen LogP contribution in [0.1, 0.15) is 48.3 Å². The number of aromatic nitrogens is 5. The summed E-state index contributed by atoms with van der Waals surface area (Å²) in [7, 11) is 1.78. The first-order valence-electron chi connectivity index (χ1n) is 15.0. The van der Waals surface area contributed by atoms with E-state index in [1.165, 1.54) is 30.1 Å². The van der Waals surface area contributed by atoms with Gasteiger partial charge in [-0.2, -0.15) is 5.10 Å². The molecule has 0 atom stereocenters. The molecule has 228 valence electrons. The number of carbonyl (C=O) groups excluding carboxylic acids is 1. The van der Waals surface area contributed by atoms with Crippen molar-refractivity contribution in [3.63, 3.8) is 0 Å². The van der Waals surface area contributed by atoms with Crippen molar-refractivity contribution < 1.29 is 18.7 Å². The van der Waals surface area contributed by atoms with Crippen LogP contribution in [0.3, 0.4) is 0 Å². The van der Waals surface area contributed by atoms with Crippen molar-refractivity contribution in [2.24, 2.45) is 12.5 Å². The largest absolute Gasteiger partial charge is 0.490 e. The van der Waals surface area contributed by atoms with Crippen LogP contribution >= 0.6 is 0 Å². The SMILES string of the molecule is CC(C)N(C(=O)c1cc(F)ccc1Oc1cncnc1N1CC2(CC(Oc3ccnc4c3CNCC4)C2)C1)c1cnn(C)c1. The molecule has 0 bridgehead atoms. The van der Waals surface area contributed by atoms with Gasteiger partial charge in [0.2, 0.25) is 0 Å². The Morgan fingerprint density at radius 2 is 1.98 bits per heavy atom. The molecule has 1 saturated heterocycles. The number of nitrogens with zero attached hydrogens (tertiary/aromatic N) is 7. The van der Waals surface area contributed by atoms with E-state index in [0.29, 0.717) is 17.3 Å². The molecule has 1 amide bonds. The summed E-state index contributed by atoms with van der Waals surface area (Å²) in [6.07, 6.45) is 11.3. The fraction of sp³-hybridized carbons (Fsp3) is 0.406. The summed E-state index contributed by atoms with van der Waals surface area (Å²) >= 11 is 0. The average Bonchev–Trinajstić information content (AvgIpc) is 3.40. The molecule has 1 aromatic carbocycles. The third kappa shape index (κ3) is 5.23. The van der Waals surface area contributed by atoms with E-state index in [4.69, 9.17) is 9.47 Å². The zero-order valence-corrected chi connectivity index (χ0v) is 25.0. The van der Waals surface area contributed by atoms with Gasteiger partial charge in [-0.25, -0.2) is 14.4 Å². The minimum absolute atomic E-state index is 0.102. The molecular weight excluding hydrogens is 563 g/mol. The Bertz CT molecular complexity index is 1690. The standard InChI is InChI=1S/C32H35FN8O3/c1-20(2)41(22-13-38-39(3)16-22)31(42)24-10-21(33)4-5-27(24)44-29-15-35-19-37-30(29)40-17-32(18-40)11-23(12-32)43-28-7-9-36-26-6-8-34-14-25(26)28/h4-5,7,9-10,13,15-16,19-20,23,34H,6,8,11-12,14,17-18H2,1-3H3. The fourth-order valence-corrected chi connectivity index (χ4v) is 6.60. The van der Waals surface area contributed by atoms with Gasteiger partial charge in [-0.15, -0.1) is 0 Å². The Labute approximate surface area is 255 Å². The highest BCUT2D eigenvalue weighted by Gasteiger charge is 2.54. The first kappa shape index (κ1) is 28.2. The van der Waals surface area contributed by atoms with Gasteiger partial charge < -0.3 is 24.6 Å². The van der Waals surface area contributed by atoms with Gasteiger partial charge >= 0.3 is 0 Å². The fourth-order valence-electron chi connectivity index (χ4n) is 6.60. The van der Waals surface area contributed by atoms with E-state index < -0.39 is 11.7 Å². The van der Waals surface area contributed by atoms with Crippen molar-refractivity contribution in [2.45, 2.75) is 51.8 Å². The third-order valence-corrected chi connectivity index (χ3v) is 8.66. The summed E-state index contributed by atoms with van der Waals surface area (Å²) in [5, 5.41) is 7.61. The monoisotopic (exact) mass is 598 g/mol. The second-order valence-electron chi connectivity index (χ2n) is 12.3. The molecule has 2 fully saturated rings. The van der Waals surface area contributed by atoms with E-state index in [2.05, 4.69) is 30.3 Å². The van der Waals surface area contributed by atoms with E-state index in [9.17, 15) is 9.18 Å². The van der Waals surface area contributed by atoms with Gasteiger partial charge in [0.25, 0.3) is 5.91 Å². The van der Waals surface area contributed by atoms with Crippen LogP contribution < -0.4 is 24.6 Å². The molecule has 1 saturated carbocycles. The van der Waals surface area contributed by atoms with Crippen molar-refractivity contribution in [3.05, 3.63) is 78.0 Å². The Kier molecular flexibility index (Phi) is 7.16. The second-order valence-corrected chi connectivity index (χ2v) is 12.3. The Morgan fingerprint density at radius 3 is 2.75 bits per heavy atom. The number of halogens is 1. The van der Waals surface area contributed by atoms with Gasteiger partial charge in [0.05, 0.1) is 23.6 Å². The Morgan fingerprint density at radius 1 is 1.14 bits per heavy atom. The summed E-state index contributed by atoms with van der Waals surface area (Å²) in [4.78, 5) is 30.8.